The quantitative estimate of drug-likeness (QED) is 0.473. The highest BCUT2D eigenvalue weighted by atomic mass is 32.1. The number of aliphatic hydroxyl groups excluding tert-OH is 2. The van der Waals surface area contributed by atoms with Crippen molar-refractivity contribution in [3.63, 3.8) is 0 Å². The van der Waals surface area contributed by atoms with Crippen LogP contribution in [0.1, 0.15) is 25.5 Å². The number of rotatable bonds is 4. The van der Waals surface area contributed by atoms with Crippen LogP contribution >= 0.6 is 12.6 Å². The molecule has 1 aliphatic heterocycles. The molecule has 0 fully saturated rings. The molecule has 0 saturated heterocycles. The van der Waals surface area contributed by atoms with Gasteiger partial charge in [-0.15, -0.1) is 12.6 Å². The van der Waals surface area contributed by atoms with Gasteiger partial charge >= 0.3 is 5.69 Å². The number of aromatic hydroxyl groups is 1. The Morgan fingerprint density at radius 3 is 2.19 bits per heavy atom. The molecule has 26 heavy (non-hydrogen) atoms. The van der Waals surface area contributed by atoms with Gasteiger partial charge in [0.1, 0.15) is 0 Å². The molecular formula is C16H25N3O6S. The summed E-state index contributed by atoms with van der Waals surface area (Å²) >= 11 is 3.91. The first kappa shape index (κ1) is 20.7. The lowest BCUT2D eigenvalue weighted by atomic mass is 10.1. The molecule has 3 atom stereocenters. The van der Waals surface area contributed by atoms with Crippen LogP contribution in [0.15, 0.2) is 9.59 Å². The Morgan fingerprint density at radius 2 is 1.69 bits per heavy atom. The summed E-state index contributed by atoms with van der Waals surface area (Å²) in [6, 6.07) is -0.589. The van der Waals surface area contributed by atoms with E-state index in [0.717, 1.165) is 9.13 Å². The zero-order valence-corrected chi connectivity index (χ0v) is 15.7. The molecular weight excluding hydrogens is 362 g/mol. The summed E-state index contributed by atoms with van der Waals surface area (Å²) in [7, 11) is 0. The number of aromatic nitrogens is 2. The van der Waals surface area contributed by atoms with Crippen LogP contribution < -0.4 is 11.2 Å². The molecule has 1 aliphatic rings. The molecule has 0 aromatic carbocycles. The van der Waals surface area contributed by atoms with Crippen LogP contribution in [0, 0.1) is 6.92 Å². The van der Waals surface area contributed by atoms with Crippen molar-refractivity contribution in [3.05, 3.63) is 26.5 Å². The third-order valence-corrected chi connectivity index (χ3v) is 4.92. The van der Waals surface area contributed by atoms with Crippen LogP contribution in [0.25, 0.3) is 0 Å². The molecule has 9 nitrogen and oxygen atoms in total. The summed E-state index contributed by atoms with van der Waals surface area (Å²) in [4.78, 5) is 38.2. The minimum Gasteiger partial charge on any atom is -0.502 e. The molecule has 0 aliphatic carbocycles. The number of nitrogens with zero attached hydrogens (tertiary/aromatic N) is 3. The molecule has 2 bridgehead atoms. The zero-order chi connectivity index (χ0) is 19.6. The number of β-amino-alcohol motifs (C(OH)–C–C–N with tert-alkyl or cyclic N) is 2. The Balaban J connectivity index is 2.48. The predicted octanol–water partition coefficient (Wildman–Crippen LogP) is -1.31. The molecule has 10 heteroatoms. The van der Waals surface area contributed by atoms with E-state index < -0.39 is 35.2 Å². The van der Waals surface area contributed by atoms with Gasteiger partial charge in [0.2, 0.25) is 10.9 Å². The van der Waals surface area contributed by atoms with Crippen LogP contribution in [0.5, 0.6) is 5.75 Å². The number of carbonyl (C=O) groups is 1. The molecule has 0 radical (unpaired) electrons. The number of hydrogen-bond acceptors (Lipinski definition) is 7. The van der Waals surface area contributed by atoms with Crippen molar-refractivity contribution >= 4 is 17.7 Å². The Hall–Kier alpha value is -1.62. The topological polar surface area (TPSA) is 125 Å². The number of fused-ring (bicyclic) bond motifs is 2. The largest absolute Gasteiger partial charge is 0.502 e. The van der Waals surface area contributed by atoms with Gasteiger partial charge in [-0.3, -0.25) is 23.6 Å². The summed E-state index contributed by atoms with van der Waals surface area (Å²) in [5.41, 5.74) is -1.54. The first-order chi connectivity index (χ1) is 12.2. The first-order valence-corrected chi connectivity index (χ1v) is 8.98. The van der Waals surface area contributed by atoms with E-state index in [-0.39, 0.29) is 37.0 Å². The van der Waals surface area contributed by atoms with Gasteiger partial charge in [0.05, 0.1) is 37.0 Å². The van der Waals surface area contributed by atoms with Gasteiger partial charge < -0.3 is 15.3 Å². The zero-order valence-electron chi connectivity index (χ0n) is 14.8. The Labute approximate surface area is 155 Å². The monoisotopic (exact) mass is 387 g/mol. The van der Waals surface area contributed by atoms with Crippen LogP contribution in [-0.2, 0) is 17.9 Å². The van der Waals surface area contributed by atoms with Gasteiger partial charge in [0.25, 0.3) is 5.56 Å². The van der Waals surface area contributed by atoms with Crippen molar-refractivity contribution in [2.24, 2.45) is 0 Å². The lowest BCUT2D eigenvalue weighted by molar-refractivity contribution is -0.117. The van der Waals surface area contributed by atoms with Crippen molar-refractivity contribution in [1.29, 1.82) is 0 Å². The van der Waals surface area contributed by atoms with E-state index in [1.54, 1.807) is 4.90 Å². The highest BCUT2D eigenvalue weighted by Crippen LogP contribution is 2.15. The summed E-state index contributed by atoms with van der Waals surface area (Å²) in [6.07, 6.45) is -0.973. The SMILES string of the molecule is CCCC(C(=O)S)N1CC(O)Cn2c(C)c(O)c(=O)n(c2=O)CC(O)C1. The van der Waals surface area contributed by atoms with Crippen molar-refractivity contribution in [1.82, 2.24) is 14.0 Å². The maximum absolute atomic E-state index is 12.5. The van der Waals surface area contributed by atoms with E-state index in [1.807, 2.05) is 6.92 Å². The van der Waals surface area contributed by atoms with E-state index in [0.29, 0.717) is 12.8 Å². The Bertz CT molecular complexity index is 789. The Morgan fingerprint density at radius 1 is 1.15 bits per heavy atom. The van der Waals surface area contributed by atoms with Gasteiger partial charge in [-0.2, -0.15) is 0 Å². The van der Waals surface area contributed by atoms with Gasteiger partial charge in [-0.05, 0) is 13.3 Å². The molecule has 146 valence electrons. The number of thiol groups is 1. The van der Waals surface area contributed by atoms with Crippen LogP contribution in [0.4, 0.5) is 0 Å². The smallest absolute Gasteiger partial charge is 0.331 e. The molecule has 2 rings (SSSR count). The van der Waals surface area contributed by atoms with Crippen molar-refractivity contribution in [3.8, 4) is 5.75 Å². The first-order valence-electron chi connectivity index (χ1n) is 8.53. The van der Waals surface area contributed by atoms with E-state index in [4.69, 9.17) is 0 Å². The predicted molar refractivity (Wildman–Crippen MR) is 97.6 cm³/mol. The maximum Gasteiger partial charge on any atom is 0.331 e. The van der Waals surface area contributed by atoms with Crippen LogP contribution in [0.3, 0.4) is 0 Å². The summed E-state index contributed by atoms with van der Waals surface area (Å²) in [5.74, 6) is -0.587. The lowest BCUT2D eigenvalue weighted by Gasteiger charge is -2.34. The van der Waals surface area contributed by atoms with Gasteiger partial charge in [-0.25, -0.2) is 4.79 Å². The van der Waals surface area contributed by atoms with Crippen LogP contribution in [-0.4, -0.2) is 65.8 Å². The highest BCUT2D eigenvalue weighted by molar-refractivity contribution is 7.96. The minimum atomic E-state index is -1.15. The normalized spacial score (nSPS) is 22.8. The van der Waals surface area contributed by atoms with Crippen molar-refractivity contribution in [2.45, 2.75) is 58.0 Å². The van der Waals surface area contributed by atoms with Gasteiger partial charge in [0.15, 0.2) is 0 Å². The number of hydrogen-bond donors (Lipinski definition) is 4. The second kappa shape index (κ2) is 8.38. The van der Waals surface area contributed by atoms with E-state index in [9.17, 15) is 29.7 Å². The van der Waals surface area contributed by atoms with E-state index >= 15 is 0 Å². The van der Waals surface area contributed by atoms with E-state index in [2.05, 4.69) is 12.6 Å². The summed E-state index contributed by atoms with van der Waals surface area (Å²) < 4.78 is 1.86. The molecule has 0 spiro atoms. The second-order valence-electron chi connectivity index (χ2n) is 6.65. The molecule has 0 saturated carbocycles. The average molecular weight is 387 g/mol. The standard InChI is InChI=1S/C16H25N3O6S/c1-3-4-12(15(24)26)17-5-10(20)7-18-9(2)13(22)14(23)19(16(18)25)8-11(21)6-17/h10-12,20-22H,3-8H2,1-2H3,(H,24,26). The van der Waals surface area contributed by atoms with Crippen molar-refractivity contribution in [2.75, 3.05) is 13.1 Å². The summed E-state index contributed by atoms with van der Waals surface area (Å²) in [6.45, 7) is 2.87. The highest BCUT2D eigenvalue weighted by Gasteiger charge is 2.30. The summed E-state index contributed by atoms with van der Waals surface area (Å²) in [5, 5.41) is 30.4. The number of carbonyl (C=O) groups excluding carboxylic acids is 1. The fraction of sp³-hybridized carbons (Fsp3) is 0.688. The second-order valence-corrected chi connectivity index (χ2v) is 7.09. The maximum atomic E-state index is 12.5. The fourth-order valence-corrected chi connectivity index (χ4v) is 3.60. The fourth-order valence-electron chi connectivity index (χ4n) is 3.31. The molecule has 3 N–H and O–H groups in total. The molecule has 3 unspecified atom stereocenters. The third-order valence-electron chi connectivity index (χ3n) is 4.62. The van der Waals surface area contributed by atoms with Crippen LogP contribution in [0.2, 0.25) is 0 Å². The molecule has 1 aromatic rings. The van der Waals surface area contributed by atoms with E-state index in [1.165, 1.54) is 6.92 Å². The molecule has 0 amide bonds. The van der Waals surface area contributed by atoms with Crippen molar-refractivity contribution < 1.29 is 20.1 Å². The molecule has 2 heterocycles. The average Bonchev–Trinajstić information content (AvgIpc) is 2.57. The lowest BCUT2D eigenvalue weighted by Crippen LogP contribution is -2.53. The minimum absolute atomic E-state index is 0.0193. The van der Waals surface area contributed by atoms with Gasteiger partial charge in [0, 0.05) is 13.1 Å². The van der Waals surface area contributed by atoms with Gasteiger partial charge in [-0.1, -0.05) is 13.3 Å². The number of aliphatic hydroxyl groups is 2. The molecule has 1 aromatic heterocycles. The Kier molecular flexibility index (Phi) is 6.67. The third kappa shape index (κ3) is 4.20.